The molecule has 2 unspecified atom stereocenters. The molecule has 0 bridgehead atoms. The van der Waals surface area contributed by atoms with Crippen molar-refractivity contribution in [1.82, 2.24) is 14.9 Å². The highest BCUT2D eigenvalue weighted by molar-refractivity contribution is 5.96. The molecule has 1 amide bonds. The topological polar surface area (TPSA) is 85.3 Å². The lowest BCUT2D eigenvalue weighted by molar-refractivity contribution is 0.0913. The van der Waals surface area contributed by atoms with Gasteiger partial charge in [0.25, 0.3) is 11.5 Å². The summed E-state index contributed by atoms with van der Waals surface area (Å²) in [5.74, 6) is 0.505. The Hall–Kier alpha value is -3.06. The number of aromatic amines is 1. The molecule has 1 fully saturated rings. The Morgan fingerprint density at radius 2 is 2.09 bits per heavy atom. The number of methoxy groups -OCH3 is 1. The summed E-state index contributed by atoms with van der Waals surface area (Å²) in [5.41, 5.74) is 4.83. The largest absolute Gasteiger partial charge is 0.497 e. The van der Waals surface area contributed by atoms with Gasteiger partial charge in [0, 0.05) is 28.9 Å². The number of carbonyl (C=O) groups excluding carboxylic acids is 1. The van der Waals surface area contributed by atoms with Crippen molar-refractivity contribution in [2.75, 3.05) is 13.7 Å². The van der Waals surface area contributed by atoms with Crippen molar-refractivity contribution in [3.05, 3.63) is 62.7 Å². The molecule has 1 aliphatic heterocycles. The van der Waals surface area contributed by atoms with Gasteiger partial charge in [-0.15, -0.1) is 0 Å². The van der Waals surface area contributed by atoms with Crippen molar-refractivity contribution in [2.45, 2.75) is 64.6 Å². The third-order valence-electron chi connectivity index (χ3n) is 7.06. The molecule has 33 heavy (non-hydrogen) atoms. The Morgan fingerprint density at radius 3 is 2.85 bits per heavy atom. The monoisotopic (exact) mass is 449 g/mol. The average molecular weight is 450 g/mol. The molecule has 3 heterocycles. The molecule has 5 rings (SSSR count). The maximum absolute atomic E-state index is 13.4. The average Bonchev–Trinajstić information content (AvgIpc) is 3.44. The lowest BCUT2D eigenvalue weighted by Crippen LogP contribution is -2.39. The van der Waals surface area contributed by atoms with Crippen LogP contribution in [0, 0.1) is 13.8 Å². The SMILES string of the molecule is COc1ccc2[nH]c3c(c2c1)CCCC3NC(=O)c1c(C)cc(C)n(CC2CCCO2)c1=O. The first-order valence-corrected chi connectivity index (χ1v) is 11.8. The van der Waals surface area contributed by atoms with E-state index in [1.54, 1.807) is 11.7 Å². The highest BCUT2D eigenvalue weighted by Crippen LogP contribution is 2.36. The van der Waals surface area contributed by atoms with Gasteiger partial charge in [0.1, 0.15) is 11.3 Å². The third-order valence-corrected chi connectivity index (χ3v) is 7.06. The fourth-order valence-corrected chi connectivity index (χ4v) is 5.37. The second kappa shape index (κ2) is 8.71. The predicted octanol–water partition coefficient (Wildman–Crippen LogP) is 3.94. The van der Waals surface area contributed by atoms with Crippen LogP contribution in [-0.4, -0.2) is 35.3 Å². The van der Waals surface area contributed by atoms with Crippen molar-refractivity contribution in [3.8, 4) is 5.75 Å². The number of benzene rings is 1. The number of hydrogen-bond donors (Lipinski definition) is 2. The van der Waals surface area contributed by atoms with Crippen LogP contribution in [0.25, 0.3) is 10.9 Å². The van der Waals surface area contributed by atoms with E-state index in [4.69, 9.17) is 9.47 Å². The highest BCUT2D eigenvalue weighted by atomic mass is 16.5. The molecule has 2 N–H and O–H groups in total. The highest BCUT2D eigenvalue weighted by Gasteiger charge is 2.28. The molecule has 1 aliphatic carbocycles. The minimum Gasteiger partial charge on any atom is -0.497 e. The summed E-state index contributed by atoms with van der Waals surface area (Å²) in [4.78, 5) is 30.3. The van der Waals surface area contributed by atoms with Crippen LogP contribution in [0.3, 0.4) is 0 Å². The van der Waals surface area contributed by atoms with Crippen molar-refractivity contribution in [2.24, 2.45) is 0 Å². The first kappa shape index (κ1) is 21.8. The summed E-state index contributed by atoms with van der Waals surface area (Å²) in [6, 6.07) is 7.75. The number of H-pyrrole nitrogens is 1. The zero-order chi connectivity index (χ0) is 23.1. The number of amides is 1. The molecule has 174 valence electrons. The number of fused-ring (bicyclic) bond motifs is 3. The minimum absolute atomic E-state index is 0.0317. The Morgan fingerprint density at radius 1 is 1.24 bits per heavy atom. The number of nitrogens with one attached hydrogen (secondary N) is 2. The van der Waals surface area contributed by atoms with E-state index in [9.17, 15) is 9.59 Å². The van der Waals surface area contributed by atoms with Crippen molar-refractivity contribution in [1.29, 1.82) is 0 Å². The minimum atomic E-state index is -0.312. The predicted molar refractivity (Wildman–Crippen MR) is 127 cm³/mol. The van der Waals surface area contributed by atoms with E-state index in [-0.39, 0.29) is 29.2 Å². The molecule has 3 aromatic rings. The molecule has 1 saturated heterocycles. The van der Waals surface area contributed by atoms with Gasteiger partial charge in [-0.25, -0.2) is 0 Å². The molecule has 7 nitrogen and oxygen atoms in total. The fourth-order valence-electron chi connectivity index (χ4n) is 5.37. The molecule has 1 aromatic carbocycles. The standard InChI is InChI=1S/C26H31N3O4/c1-15-12-16(2)29(14-18-6-5-11-33-18)26(31)23(15)25(30)28-22-8-4-7-19-20-13-17(32-3)9-10-21(20)27-24(19)22/h9-10,12-13,18,22,27H,4-8,11,14H2,1-3H3,(H,28,30). The summed E-state index contributed by atoms with van der Waals surface area (Å²) in [6.07, 6.45) is 4.74. The van der Waals surface area contributed by atoms with E-state index in [2.05, 4.69) is 10.3 Å². The van der Waals surface area contributed by atoms with E-state index in [1.165, 1.54) is 5.56 Å². The van der Waals surface area contributed by atoms with Crippen LogP contribution in [0.2, 0.25) is 0 Å². The zero-order valence-electron chi connectivity index (χ0n) is 19.5. The van der Waals surface area contributed by atoms with Crippen LogP contribution in [0.15, 0.2) is 29.1 Å². The summed E-state index contributed by atoms with van der Waals surface area (Å²) < 4.78 is 12.8. The third kappa shape index (κ3) is 3.95. The van der Waals surface area contributed by atoms with Gasteiger partial charge in [-0.1, -0.05) is 0 Å². The second-order valence-electron chi connectivity index (χ2n) is 9.24. The van der Waals surface area contributed by atoms with Crippen LogP contribution >= 0.6 is 0 Å². The van der Waals surface area contributed by atoms with Crippen LogP contribution in [-0.2, 0) is 17.7 Å². The van der Waals surface area contributed by atoms with Gasteiger partial charge >= 0.3 is 0 Å². The second-order valence-corrected chi connectivity index (χ2v) is 9.24. The van der Waals surface area contributed by atoms with Crippen LogP contribution in [0.5, 0.6) is 5.75 Å². The Bertz CT molecular complexity index is 1270. The first-order chi connectivity index (χ1) is 16.0. The first-order valence-electron chi connectivity index (χ1n) is 11.8. The van der Waals surface area contributed by atoms with Gasteiger partial charge in [0.05, 0.1) is 25.8 Å². The number of nitrogens with zero attached hydrogens (tertiary/aromatic N) is 1. The van der Waals surface area contributed by atoms with E-state index in [0.29, 0.717) is 12.1 Å². The molecule has 2 aliphatic rings. The van der Waals surface area contributed by atoms with Gasteiger partial charge in [-0.3, -0.25) is 9.59 Å². The van der Waals surface area contributed by atoms with E-state index < -0.39 is 0 Å². The summed E-state index contributed by atoms with van der Waals surface area (Å²) in [5, 5.41) is 4.29. The summed E-state index contributed by atoms with van der Waals surface area (Å²) in [6.45, 7) is 4.97. The van der Waals surface area contributed by atoms with E-state index in [0.717, 1.165) is 66.8 Å². The summed E-state index contributed by atoms with van der Waals surface area (Å²) >= 11 is 0. The maximum Gasteiger partial charge on any atom is 0.263 e. The van der Waals surface area contributed by atoms with Gasteiger partial charge in [0.2, 0.25) is 0 Å². The molecule has 2 aromatic heterocycles. The Balaban J connectivity index is 1.45. The molecule has 7 heteroatoms. The number of aryl methyl sites for hydroxylation is 3. The summed E-state index contributed by atoms with van der Waals surface area (Å²) in [7, 11) is 1.67. The van der Waals surface area contributed by atoms with Crippen LogP contribution in [0.1, 0.15) is 64.6 Å². The maximum atomic E-state index is 13.4. The smallest absolute Gasteiger partial charge is 0.263 e. The fraction of sp³-hybridized carbons (Fsp3) is 0.462. The van der Waals surface area contributed by atoms with Gasteiger partial charge in [-0.2, -0.15) is 0 Å². The Kier molecular flexibility index (Phi) is 5.74. The van der Waals surface area contributed by atoms with Crippen molar-refractivity contribution >= 4 is 16.8 Å². The van der Waals surface area contributed by atoms with Gasteiger partial charge in [-0.05, 0) is 81.3 Å². The molecule has 0 radical (unpaired) electrons. The van der Waals surface area contributed by atoms with Crippen molar-refractivity contribution in [3.63, 3.8) is 0 Å². The van der Waals surface area contributed by atoms with Crippen LogP contribution < -0.4 is 15.6 Å². The zero-order valence-corrected chi connectivity index (χ0v) is 19.5. The van der Waals surface area contributed by atoms with Crippen molar-refractivity contribution < 1.29 is 14.3 Å². The molecular formula is C26H31N3O4. The number of rotatable bonds is 5. The number of hydrogen-bond acceptors (Lipinski definition) is 4. The Labute approximate surface area is 193 Å². The molecule has 0 spiro atoms. The number of ether oxygens (including phenoxy) is 2. The lowest BCUT2D eigenvalue weighted by atomic mass is 9.91. The molecular weight excluding hydrogens is 418 g/mol. The normalized spacial score (nSPS) is 20.1. The lowest BCUT2D eigenvalue weighted by Gasteiger charge is -2.24. The number of carbonyl (C=O) groups is 1. The van der Waals surface area contributed by atoms with E-state index in [1.807, 2.05) is 38.1 Å². The van der Waals surface area contributed by atoms with Gasteiger partial charge in [0.15, 0.2) is 0 Å². The molecule has 2 atom stereocenters. The number of pyridine rings is 1. The van der Waals surface area contributed by atoms with Crippen LogP contribution in [0.4, 0.5) is 0 Å². The quantitative estimate of drug-likeness (QED) is 0.618. The number of aromatic nitrogens is 2. The van der Waals surface area contributed by atoms with E-state index >= 15 is 0 Å². The molecule has 0 saturated carbocycles. The van der Waals surface area contributed by atoms with Gasteiger partial charge < -0.3 is 24.3 Å².